The second kappa shape index (κ2) is 6.19. The van der Waals surface area contributed by atoms with Crippen molar-refractivity contribution in [2.75, 3.05) is 11.5 Å². The van der Waals surface area contributed by atoms with Crippen LogP contribution in [0.2, 0.25) is 5.02 Å². The van der Waals surface area contributed by atoms with Gasteiger partial charge in [-0.1, -0.05) is 35.9 Å². The summed E-state index contributed by atoms with van der Waals surface area (Å²) in [5.41, 5.74) is 0.907. The number of anilines is 1. The molecule has 2 aliphatic rings. The largest absolute Gasteiger partial charge is 0.486 e. The van der Waals surface area contributed by atoms with Crippen molar-refractivity contribution >= 4 is 35.1 Å². The van der Waals surface area contributed by atoms with Crippen LogP contribution in [-0.2, 0) is 5.72 Å². The van der Waals surface area contributed by atoms with E-state index < -0.39 is 5.72 Å². The van der Waals surface area contributed by atoms with Gasteiger partial charge in [0.2, 0.25) is 0 Å². The van der Waals surface area contributed by atoms with Crippen molar-refractivity contribution in [1.29, 1.82) is 0 Å². The number of carbonyl (C=O) groups is 1. The Labute approximate surface area is 166 Å². The highest BCUT2D eigenvalue weighted by molar-refractivity contribution is 6.31. The normalized spacial score (nSPS) is 19.9. The summed E-state index contributed by atoms with van der Waals surface area (Å²) < 4.78 is 5.56. The van der Waals surface area contributed by atoms with Crippen LogP contribution in [0.25, 0.3) is 0 Å². The van der Waals surface area contributed by atoms with Crippen LogP contribution in [0, 0.1) is 0 Å². The van der Waals surface area contributed by atoms with Gasteiger partial charge in [0.15, 0.2) is 5.72 Å². The molecule has 2 aliphatic heterocycles. The summed E-state index contributed by atoms with van der Waals surface area (Å²) in [6.07, 6.45) is 1.67. The lowest BCUT2D eigenvalue weighted by Gasteiger charge is -2.35. The summed E-state index contributed by atoms with van der Waals surface area (Å²) in [5.74, 6) is 0.347. The third-order valence-corrected chi connectivity index (χ3v) is 5.27. The SMILES string of the molecule is O=C1c2ccccc2C(O)(c2ccc3c(c2)N=CCO3)N1c1cccc(Cl)c1. The van der Waals surface area contributed by atoms with Gasteiger partial charge in [-0.25, -0.2) is 0 Å². The van der Waals surface area contributed by atoms with Gasteiger partial charge in [0.1, 0.15) is 18.0 Å². The number of amides is 1. The Bertz CT molecular complexity index is 1140. The molecule has 0 aromatic heterocycles. The molecule has 138 valence electrons. The van der Waals surface area contributed by atoms with E-state index >= 15 is 0 Å². The van der Waals surface area contributed by atoms with E-state index in [2.05, 4.69) is 4.99 Å². The molecular formula is C22H15ClN2O3. The fourth-order valence-electron chi connectivity index (χ4n) is 3.79. The van der Waals surface area contributed by atoms with Crippen LogP contribution in [0.5, 0.6) is 5.75 Å². The summed E-state index contributed by atoms with van der Waals surface area (Å²) in [6, 6.07) is 19.2. The van der Waals surface area contributed by atoms with Gasteiger partial charge in [0.05, 0.1) is 0 Å². The Kier molecular flexibility index (Phi) is 3.75. The molecule has 28 heavy (non-hydrogen) atoms. The summed E-state index contributed by atoms with van der Waals surface area (Å²) in [5, 5.41) is 12.4. The van der Waals surface area contributed by atoms with Crippen molar-refractivity contribution in [3.63, 3.8) is 0 Å². The maximum absolute atomic E-state index is 13.3. The number of fused-ring (bicyclic) bond motifs is 2. The van der Waals surface area contributed by atoms with Crippen LogP contribution >= 0.6 is 11.6 Å². The lowest BCUT2D eigenvalue weighted by molar-refractivity contribution is 0.0703. The highest BCUT2D eigenvalue weighted by atomic mass is 35.5. The lowest BCUT2D eigenvalue weighted by Crippen LogP contribution is -2.45. The third kappa shape index (κ3) is 2.37. The van der Waals surface area contributed by atoms with Crippen molar-refractivity contribution in [3.05, 3.63) is 88.4 Å². The van der Waals surface area contributed by atoms with Gasteiger partial charge < -0.3 is 9.84 Å². The first-order valence-corrected chi connectivity index (χ1v) is 9.19. The summed E-state index contributed by atoms with van der Waals surface area (Å²) in [6.45, 7) is 0.409. The van der Waals surface area contributed by atoms with E-state index in [1.807, 2.05) is 0 Å². The number of aliphatic hydroxyl groups is 1. The number of halogens is 1. The predicted molar refractivity (Wildman–Crippen MR) is 108 cm³/mol. The maximum atomic E-state index is 13.3. The van der Waals surface area contributed by atoms with E-state index in [4.69, 9.17) is 16.3 Å². The van der Waals surface area contributed by atoms with E-state index in [-0.39, 0.29) is 5.91 Å². The molecule has 0 fully saturated rings. The number of ether oxygens (including phenoxy) is 1. The molecule has 6 heteroatoms. The molecular weight excluding hydrogens is 376 g/mol. The van der Waals surface area contributed by atoms with E-state index in [0.717, 1.165) is 0 Å². The Hall–Kier alpha value is -3.15. The van der Waals surface area contributed by atoms with Crippen molar-refractivity contribution in [1.82, 2.24) is 0 Å². The van der Waals surface area contributed by atoms with Crippen LogP contribution in [0.1, 0.15) is 21.5 Å². The minimum Gasteiger partial charge on any atom is -0.486 e. The van der Waals surface area contributed by atoms with Crippen molar-refractivity contribution in [2.45, 2.75) is 5.72 Å². The van der Waals surface area contributed by atoms with E-state index in [1.165, 1.54) is 4.90 Å². The Morgan fingerprint density at radius 1 is 1.07 bits per heavy atom. The summed E-state index contributed by atoms with van der Waals surface area (Å²) in [4.78, 5) is 19.0. The van der Waals surface area contributed by atoms with E-state index in [0.29, 0.717) is 45.4 Å². The van der Waals surface area contributed by atoms with Crippen LogP contribution in [-0.4, -0.2) is 23.8 Å². The highest BCUT2D eigenvalue weighted by Gasteiger charge is 2.50. The van der Waals surface area contributed by atoms with Crippen LogP contribution in [0.15, 0.2) is 71.7 Å². The number of benzene rings is 3. The molecule has 5 nitrogen and oxygen atoms in total. The first-order valence-electron chi connectivity index (χ1n) is 8.81. The number of hydrogen-bond donors (Lipinski definition) is 1. The van der Waals surface area contributed by atoms with Gasteiger partial charge >= 0.3 is 0 Å². The fourth-order valence-corrected chi connectivity index (χ4v) is 3.97. The number of rotatable bonds is 2. The standard InChI is InChI=1S/C22H15ClN2O3/c23-15-4-3-5-16(13-15)25-21(26)17-6-1-2-7-18(17)22(25,27)14-8-9-20-19(12-14)24-10-11-28-20/h1-10,12-13,27H,11H2. The fraction of sp³-hybridized carbons (Fsp3) is 0.0909. The van der Waals surface area contributed by atoms with Gasteiger partial charge in [0, 0.05) is 33.6 Å². The molecule has 0 saturated carbocycles. The monoisotopic (exact) mass is 390 g/mol. The number of carbonyl (C=O) groups excluding carboxylic acids is 1. The molecule has 1 amide bonds. The average Bonchev–Trinajstić information content (AvgIpc) is 2.96. The second-order valence-electron chi connectivity index (χ2n) is 6.64. The molecule has 2 heterocycles. The molecule has 1 N–H and O–H groups in total. The molecule has 0 radical (unpaired) electrons. The second-order valence-corrected chi connectivity index (χ2v) is 7.08. The zero-order chi connectivity index (χ0) is 19.3. The number of hydrogen-bond acceptors (Lipinski definition) is 4. The predicted octanol–water partition coefficient (Wildman–Crippen LogP) is 4.29. The summed E-state index contributed by atoms with van der Waals surface area (Å²) in [7, 11) is 0. The maximum Gasteiger partial charge on any atom is 0.261 e. The van der Waals surface area contributed by atoms with Gasteiger partial charge in [-0.15, -0.1) is 0 Å². The zero-order valence-corrected chi connectivity index (χ0v) is 15.4. The zero-order valence-electron chi connectivity index (χ0n) is 14.7. The highest BCUT2D eigenvalue weighted by Crippen LogP contribution is 2.47. The minimum atomic E-state index is -1.69. The molecule has 3 aromatic rings. The quantitative estimate of drug-likeness (QED) is 0.710. The molecule has 3 aromatic carbocycles. The van der Waals surface area contributed by atoms with Gasteiger partial charge in [0.25, 0.3) is 5.91 Å². The van der Waals surface area contributed by atoms with Crippen molar-refractivity contribution < 1.29 is 14.6 Å². The van der Waals surface area contributed by atoms with E-state index in [9.17, 15) is 9.90 Å². The average molecular weight is 391 g/mol. The van der Waals surface area contributed by atoms with Crippen molar-refractivity contribution in [2.24, 2.45) is 4.99 Å². The van der Waals surface area contributed by atoms with Gasteiger partial charge in [-0.05, 0) is 42.5 Å². The first-order chi connectivity index (χ1) is 13.6. The van der Waals surface area contributed by atoms with Gasteiger partial charge in [-0.3, -0.25) is 14.7 Å². The first kappa shape index (κ1) is 17.0. The lowest BCUT2D eigenvalue weighted by atomic mass is 9.93. The molecule has 1 atom stereocenters. The number of aliphatic imine (C=N–C) groups is 1. The van der Waals surface area contributed by atoms with Gasteiger partial charge in [-0.2, -0.15) is 0 Å². The molecule has 0 spiro atoms. The molecule has 0 bridgehead atoms. The topological polar surface area (TPSA) is 62.1 Å². The molecule has 0 aliphatic carbocycles. The Balaban J connectivity index is 1.76. The summed E-state index contributed by atoms with van der Waals surface area (Å²) >= 11 is 6.16. The van der Waals surface area contributed by atoms with Crippen LogP contribution in [0.3, 0.4) is 0 Å². The smallest absolute Gasteiger partial charge is 0.261 e. The Morgan fingerprint density at radius 3 is 2.79 bits per heavy atom. The van der Waals surface area contributed by atoms with Crippen LogP contribution < -0.4 is 9.64 Å². The van der Waals surface area contributed by atoms with Crippen LogP contribution in [0.4, 0.5) is 11.4 Å². The molecule has 5 rings (SSSR count). The molecule has 0 saturated heterocycles. The minimum absolute atomic E-state index is 0.294. The van der Waals surface area contributed by atoms with E-state index in [1.54, 1.807) is 72.9 Å². The number of nitrogens with zero attached hydrogens (tertiary/aromatic N) is 2. The van der Waals surface area contributed by atoms with Crippen molar-refractivity contribution in [3.8, 4) is 5.75 Å². The third-order valence-electron chi connectivity index (χ3n) is 5.03. The Morgan fingerprint density at radius 2 is 1.93 bits per heavy atom. The molecule has 1 unspecified atom stereocenters.